The van der Waals surface area contributed by atoms with Crippen LogP contribution >= 0.6 is 11.6 Å². The molecule has 2 rings (SSSR count). The Hall–Kier alpha value is -2.42. The van der Waals surface area contributed by atoms with Crippen LogP contribution in [0.15, 0.2) is 36.4 Å². The summed E-state index contributed by atoms with van der Waals surface area (Å²) in [6.07, 6.45) is 0. The van der Waals surface area contributed by atoms with E-state index in [1.165, 1.54) is 13.2 Å². The van der Waals surface area contributed by atoms with Crippen LogP contribution in [0.2, 0.25) is 24.7 Å². The van der Waals surface area contributed by atoms with Crippen molar-refractivity contribution in [2.45, 2.75) is 19.6 Å². The van der Waals surface area contributed by atoms with Crippen molar-refractivity contribution in [2.24, 2.45) is 0 Å². The molecule has 0 aliphatic rings. The SMILES string of the molecule is COc1cc(Cl)cc(C(=O)Nc2ccc(C#C[Si](C)(C)C)cc2)c1N. The van der Waals surface area contributed by atoms with Gasteiger partial charge >= 0.3 is 0 Å². The van der Waals surface area contributed by atoms with E-state index in [0.29, 0.717) is 16.5 Å². The number of nitrogens with two attached hydrogens (primary N) is 1. The number of benzene rings is 2. The highest BCUT2D eigenvalue weighted by Crippen LogP contribution is 2.30. The van der Waals surface area contributed by atoms with Gasteiger partial charge in [0.25, 0.3) is 5.91 Å². The maximum absolute atomic E-state index is 12.5. The van der Waals surface area contributed by atoms with Crippen molar-refractivity contribution in [3.8, 4) is 17.2 Å². The van der Waals surface area contributed by atoms with Crippen molar-refractivity contribution in [1.82, 2.24) is 0 Å². The lowest BCUT2D eigenvalue weighted by molar-refractivity contribution is 0.102. The summed E-state index contributed by atoms with van der Waals surface area (Å²) in [5.41, 5.74) is 11.4. The lowest BCUT2D eigenvalue weighted by atomic mass is 10.1. The number of nitrogens with one attached hydrogen (secondary N) is 1. The molecule has 25 heavy (non-hydrogen) atoms. The van der Waals surface area contributed by atoms with Gasteiger partial charge in [0, 0.05) is 22.3 Å². The Morgan fingerprint density at radius 2 is 1.84 bits per heavy atom. The van der Waals surface area contributed by atoms with E-state index < -0.39 is 8.07 Å². The van der Waals surface area contributed by atoms with Crippen LogP contribution in [-0.2, 0) is 0 Å². The highest BCUT2D eigenvalue weighted by atomic mass is 35.5. The summed E-state index contributed by atoms with van der Waals surface area (Å²) >= 11 is 6.01. The van der Waals surface area contributed by atoms with Gasteiger partial charge in [-0.1, -0.05) is 37.2 Å². The van der Waals surface area contributed by atoms with Gasteiger partial charge in [0.15, 0.2) is 0 Å². The molecule has 0 aliphatic heterocycles. The first-order valence-corrected chi connectivity index (χ1v) is 11.6. The normalized spacial score (nSPS) is 10.6. The number of ether oxygens (including phenoxy) is 1. The summed E-state index contributed by atoms with van der Waals surface area (Å²) in [4.78, 5) is 12.5. The predicted octanol–water partition coefficient (Wildman–Crippen LogP) is 4.41. The molecule has 0 saturated carbocycles. The maximum atomic E-state index is 12.5. The summed E-state index contributed by atoms with van der Waals surface area (Å²) in [6.45, 7) is 6.58. The first-order chi connectivity index (χ1) is 11.7. The molecule has 0 aliphatic carbocycles. The second-order valence-electron chi connectivity index (χ2n) is 6.60. The Kier molecular flexibility index (Phi) is 5.78. The van der Waals surface area contributed by atoms with Crippen LogP contribution in [0.4, 0.5) is 11.4 Å². The first kappa shape index (κ1) is 18.9. The van der Waals surface area contributed by atoms with Crippen LogP contribution in [0.5, 0.6) is 5.75 Å². The van der Waals surface area contributed by atoms with Crippen molar-refractivity contribution in [1.29, 1.82) is 0 Å². The topological polar surface area (TPSA) is 64.3 Å². The molecule has 0 radical (unpaired) electrons. The summed E-state index contributed by atoms with van der Waals surface area (Å²) < 4.78 is 5.14. The standard InChI is InChI=1S/C19H21ClN2O2Si/c1-24-17-12-14(20)11-16(18(17)21)19(23)22-15-7-5-13(6-8-15)9-10-25(2,3)4/h5-8,11-12H,21H2,1-4H3,(H,22,23). The van der Waals surface area contributed by atoms with Crippen molar-refractivity contribution in [2.75, 3.05) is 18.2 Å². The molecule has 130 valence electrons. The summed E-state index contributed by atoms with van der Waals surface area (Å²) in [5.74, 6) is 3.20. The van der Waals surface area contributed by atoms with Gasteiger partial charge < -0.3 is 15.8 Å². The lowest BCUT2D eigenvalue weighted by Crippen LogP contribution is -2.16. The third-order valence-electron chi connectivity index (χ3n) is 3.30. The summed E-state index contributed by atoms with van der Waals surface area (Å²) in [6, 6.07) is 10.5. The number of amides is 1. The van der Waals surface area contributed by atoms with Crippen LogP contribution < -0.4 is 15.8 Å². The smallest absolute Gasteiger partial charge is 0.257 e. The van der Waals surface area contributed by atoms with E-state index in [4.69, 9.17) is 22.1 Å². The van der Waals surface area contributed by atoms with E-state index in [0.717, 1.165) is 5.56 Å². The molecule has 2 aromatic rings. The maximum Gasteiger partial charge on any atom is 0.257 e. The summed E-state index contributed by atoms with van der Waals surface area (Å²) in [7, 11) is 0.0623. The molecule has 3 N–H and O–H groups in total. The van der Waals surface area contributed by atoms with Crippen molar-refractivity contribution in [3.63, 3.8) is 0 Å². The number of anilines is 2. The molecule has 0 unspecified atom stereocenters. The van der Waals surface area contributed by atoms with Gasteiger partial charge in [0.1, 0.15) is 13.8 Å². The van der Waals surface area contributed by atoms with Crippen molar-refractivity contribution >= 4 is 37.0 Å². The molecule has 0 bridgehead atoms. The van der Waals surface area contributed by atoms with Gasteiger partial charge in [-0.3, -0.25) is 4.79 Å². The van der Waals surface area contributed by atoms with E-state index in [1.807, 2.05) is 24.3 Å². The molecule has 0 spiro atoms. The molecule has 2 aromatic carbocycles. The Morgan fingerprint density at radius 3 is 2.40 bits per heavy atom. The fourth-order valence-electron chi connectivity index (χ4n) is 2.04. The van der Waals surface area contributed by atoms with Gasteiger partial charge in [0.2, 0.25) is 0 Å². The molecule has 0 aromatic heterocycles. The predicted molar refractivity (Wildman–Crippen MR) is 107 cm³/mol. The van der Waals surface area contributed by atoms with Crippen LogP contribution in [0.1, 0.15) is 15.9 Å². The minimum absolute atomic E-state index is 0.252. The monoisotopic (exact) mass is 372 g/mol. The molecular formula is C19H21ClN2O2Si. The van der Waals surface area contributed by atoms with Crippen LogP contribution in [-0.4, -0.2) is 21.1 Å². The molecule has 1 amide bonds. The van der Waals surface area contributed by atoms with Crippen LogP contribution in [0.25, 0.3) is 0 Å². The number of methoxy groups -OCH3 is 1. The number of hydrogen-bond acceptors (Lipinski definition) is 3. The average Bonchev–Trinajstić information content (AvgIpc) is 2.55. The van der Waals surface area contributed by atoms with E-state index in [-0.39, 0.29) is 17.2 Å². The number of halogens is 1. The van der Waals surface area contributed by atoms with Gasteiger partial charge in [0.05, 0.1) is 18.4 Å². The number of hydrogen-bond donors (Lipinski definition) is 2. The zero-order valence-corrected chi connectivity index (χ0v) is 16.5. The lowest BCUT2D eigenvalue weighted by Gasteiger charge is -2.11. The van der Waals surface area contributed by atoms with Crippen molar-refractivity contribution < 1.29 is 9.53 Å². The number of rotatable bonds is 3. The number of nitrogen functional groups attached to an aromatic ring is 1. The quantitative estimate of drug-likeness (QED) is 0.476. The minimum Gasteiger partial charge on any atom is -0.495 e. The third kappa shape index (κ3) is 5.28. The van der Waals surface area contributed by atoms with E-state index in [2.05, 4.69) is 36.4 Å². The molecule has 0 fully saturated rings. The average molecular weight is 373 g/mol. The zero-order chi connectivity index (χ0) is 18.6. The third-order valence-corrected chi connectivity index (χ3v) is 4.39. The van der Waals surface area contributed by atoms with Gasteiger partial charge in [-0.2, -0.15) is 0 Å². The highest BCUT2D eigenvalue weighted by Gasteiger charge is 2.15. The van der Waals surface area contributed by atoms with Gasteiger partial charge in [-0.15, -0.1) is 5.54 Å². The summed E-state index contributed by atoms with van der Waals surface area (Å²) in [5, 5.41) is 3.19. The van der Waals surface area contributed by atoms with E-state index in [9.17, 15) is 4.79 Å². The Balaban J connectivity index is 2.19. The molecule has 0 atom stereocenters. The molecular weight excluding hydrogens is 352 g/mol. The largest absolute Gasteiger partial charge is 0.495 e. The second-order valence-corrected chi connectivity index (χ2v) is 11.8. The zero-order valence-electron chi connectivity index (χ0n) is 14.7. The number of carbonyl (C=O) groups is 1. The minimum atomic E-state index is -1.41. The molecule has 4 nitrogen and oxygen atoms in total. The molecule has 0 saturated heterocycles. The fraction of sp³-hybridized carbons (Fsp3) is 0.211. The molecule has 6 heteroatoms. The Bertz CT molecular complexity index is 847. The molecule has 0 heterocycles. The van der Waals surface area contributed by atoms with Crippen molar-refractivity contribution in [3.05, 3.63) is 52.5 Å². The van der Waals surface area contributed by atoms with Gasteiger partial charge in [-0.25, -0.2) is 0 Å². The van der Waals surface area contributed by atoms with E-state index in [1.54, 1.807) is 6.07 Å². The van der Waals surface area contributed by atoms with Crippen LogP contribution in [0.3, 0.4) is 0 Å². The first-order valence-electron chi connectivity index (χ1n) is 7.77. The number of carbonyl (C=O) groups excluding carboxylic acids is 1. The van der Waals surface area contributed by atoms with Gasteiger partial charge in [-0.05, 0) is 30.3 Å². The van der Waals surface area contributed by atoms with Crippen LogP contribution in [0, 0.1) is 11.5 Å². The highest BCUT2D eigenvalue weighted by molar-refractivity contribution is 6.83. The Labute approximate surface area is 154 Å². The Morgan fingerprint density at radius 1 is 1.20 bits per heavy atom. The second kappa shape index (κ2) is 7.64. The fourth-order valence-corrected chi connectivity index (χ4v) is 2.77. The van der Waals surface area contributed by atoms with E-state index >= 15 is 0 Å².